The van der Waals surface area contributed by atoms with E-state index in [1.807, 2.05) is 41.9 Å². The van der Waals surface area contributed by atoms with Crippen LogP contribution in [0.25, 0.3) is 22.3 Å². The van der Waals surface area contributed by atoms with Crippen LogP contribution in [0.4, 0.5) is 5.69 Å². The smallest absolute Gasteiger partial charge is 0.297 e. The average Bonchev–Trinajstić information content (AvgIpc) is 2.76. The van der Waals surface area contributed by atoms with Gasteiger partial charge in [0, 0.05) is 30.2 Å². The molecule has 0 aliphatic heterocycles. The molecule has 0 aliphatic rings. The largest absolute Gasteiger partial charge is 0.342 e. The molecule has 0 amide bonds. The van der Waals surface area contributed by atoms with Crippen molar-refractivity contribution in [2.75, 3.05) is 0 Å². The third kappa shape index (κ3) is 1.76. The summed E-state index contributed by atoms with van der Waals surface area (Å²) in [5.41, 5.74) is 2.19. The Labute approximate surface area is 109 Å². The molecule has 0 saturated heterocycles. The number of hydrogen-bond donors (Lipinski definition) is 0. The zero-order chi connectivity index (χ0) is 13.4. The number of benzene rings is 1. The third-order valence-corrected chi connectivity index (χ3v) is 3.18. The number of para-hydroxylation sites is 1. The first-order valence-electron chi connectivity index (χ1n) is 5.83. The van der Waals surface area contributed by atoms with Gasteiger partial charge < -0.3 is 4.57 Å². The predicted octanol–water partition coefficient (Wildman–Crippen LogP) is 3.15. The van der Waals surface area contributed by atoms with E-state index in [4.69, 9.17) is 0 Å². The van der Waals surface area contributed by atoms with Gasteiger partial charge in [0.1, 0.15) is 0 Å². The minimum absolute atomic E-state index is 0.0217. The molecule has 0 N–H and O–H groups in total. The van der Waals surface area contributed by atoms with Crippen molar-refractivity contribution in [1.82, 2.24) is 9.55 Å². The van der Waals surface area contributed by atoms with E-state index in [-0.39, 0.29) is 5.69 Å². The van der Waals surface area contributed by atoms with Crippen LogP contribution in [0, 0.1) is 10.1 Å². The Morgan fingerprint density at radius 3 is 2.74 bits per heavy atom. The normalized spacial score (nSPS) is 10.8. The van der Waals surface area contributed by atoms with Gasteiger partial charge in [0.15, 0.2) is 5.69 Å². The summed E-state index contributed by atoms with van der Waals surface area (Å²) in [6.07, 6.45) is 1.57. The molecular formula is C14H11N3O2. The monoisotopic (exact) mass is 253 g/mol. The summed E-state index contributed by atoms with van der Waals surface area (Å²) in [4.78, 5) is 14.8. The lowest BCUT2D eigenvalue weighted by molar-refractivity contribution is -0.384. The molecule has 0 atom stereocenters. The van der Waals surface area contributed by atoms with Crippen LogP contribution < -0.4 is 0 Å². The van der Waals surface area contributed by atoms with E-state index in [1.54, 1.807) is 12.3 Å². The molecule has 1 aromatic carbocycles. The van der Waals surface area contributed by atoms with Gasteiger partial charge in [-0.3, -0.25) is 10.1 Å². The fourth-order valence-electron chi connectivity index (χ4n) is 2.26. The lowest BCUT2D eigenvalue weighted by Gasteiger charge is -2.04. The van der Waals surface area contributed by atoms with Crippen molar-refractivity contribution in [3.8, 4) is 11.4 Å². The van der Waals surface area contributed by atoms with Gasteiger partial charge in [-0.1, -0.05) is 18.2 Å². The highest BCUT2D eigenvalue weighted by molar-refractivity contribution is 5.87. The summed E-state index contributed by atoms with van der Waals surface area (Å²) < 4.78 is 1.92. The first kappa shape index (κ1) is 11.4. The van der Waals surface area contributed by atoms with Crippen LogP contribution in [0.5, 0.6) is 0 Å². The summed E-state index contributed by atoms with van der Waals surface area (Å²) in [5, 5.41) is 12.1. The molecule has 0 unspecified atom stereocenters. The van der Waals surface area contributed by atoms with Gasteiger partial charge >= 0.3 is 0 Å². The van der Waals surface area contributed by atoms with Gasteiger partial charge in [0.25, 0.3) is 5.69 Å². The maximum Gasteiger partial charge on any atom is 0.297 e. The van der Waals surface area contributed by atoms with Crippen molar-refractivity contribution in [3.05, 3.63) is 58.8 Å². The van der Waals surface area contributed by atoms with Crippen molar-refractivity contribution >= 4 is 16.6 Å². The predicted molar refractivity (Wildman–Crippen MR) is 72.8 cm³/mol. The van der Waals surface area contributed by atoms with Gasteiger partial charge in [-0.05, 0) is 18.2 Å². The summed E-state index contributed by atoms with van der Waals surface area (Å²) >= 11 is 0. The van der Waals surface area contributed by atoms with Crippen LogP contribution in [0.15, 0.2) is 48.7 Å². The van der Waals surface area contributed by atoms with Crippen LogP contribution in [0.1, 0.15) is 0 Å². The van der Waals surface area contributed by atoms with E-state index in [0.29, 0.717) is 5.69 Å². The summed E-state index contributed by atoms with van der Waals surface area (Å²) in [5.74, 6) is 0. The van der Waals surface area contributed by atoms with E-state index in [2.05, 4.69) is 4.98 Å². The van der Waals surface area contributed by atoms with Gasteiger partial charge in [-0.15, -0.1) is 0 Å². The quantitative estimate of drug-likeness (QED) is 0.520. The van der Waals surface area contributed by atoms with Gasteiger partial charge in [0.05, 0.1) is 10.6 Å². The SMILES string of the molecule is Cn1c(-c2ncccc2[N+](=O)[O-])cc2ccccc21. The molecule has 2 aromatic heterocycles. The van der Waals surface area contributed by atoms with E-state index < -0.39 is 4.92 Å². The van der Waals surface area contributed by atoms with Crippen molar-refractivity contribution < 1.29 is 4.92 Å². The van der Waals surface area contributed by atoms with Crippen LogP contribution >= 0.6 is 0 Å². The van der Waals surface area contributed by atoms with E-state index >= 15 is 0 Å². The highest BCUT2D eigenvalue weighted by Gasteiger charge is 2.19. The molecule has 2 heterocycles. The molecular weight excluding hydrogens is 242 g/mol. The number of nitrogens with zero attached hydrogens (tertiary/aromatic N) is 3. The maximum atomic E-state index is 11.1. The highest BCUT2D eigenvalue weighted by atomic mass is 16.6. The number of pyridine rings is 1. The Balaban J connectivity index is 2.31. The molecule has 3 rings (SSSR count). The molecule has 94 valence electrons. The number of rotatable bonds is 2. The van der Waals surface area contributed by atoms with Crippen LogP contribution in [-0.2, 0) is 7.05 Å². The molecule has 5 nitrogen and oxygen atoms in total. The van der Waals surface area contributed by atoms with Crippen molar-refractivity contribution in [3.63, 3.8) is 0 Å². The Kier molecular flexibility index (Phi) is 2.52. The summed E-state index contributed by atoms with van der Waals surface area (Å²) in [6, 6.07) is 12.8. The van der Waals surface area contributed by atoms with E-state index in [9.17, 15) is 10.1 Å². The number of aromatic nitrogens is 2. The Bertz CT molecular complexity index is 777. The van der Waals surface area contributed by atoms with Crippen LogP contribution in [0.3, 0.4) is 0 Å². The Morgan fingerprint density at radius 2 is 2.00 bits per heavy atom. The Morgan fingerprint density at radius 1 is 1.21 bits per heavy atom. The zero-order valence-corrected chi connectivity index (χ0v) is 10.3. The molecule has 19 heavy (non-hydrogen) atoms. The van der Waals surface area contributed by atoms with Gasteiger partial charge in [-0.2, -0.15) is 0 Å². The molecule has 0 spiro atoms. The van der Waals surface area contributed by atoms with Crippen LogP contribution in [-0.4, -0.2) is 14.5 Å². The number of hydrogen-bond acceptors (Lipinski definition) is 3. The molecule has 0 radical (unpaired) electrons. The second-order valence-electron chi connectivity index (χ2n) is 4.28. The number of aryl methyl sites for hydroxylation is 1. The van der Waals surface area contributed by atoms with Gasteiger partial charge in [0.2, 0.25) is 0 Å². The minimum Gasteiger partial charge on any atom is -0.342 e. The first-order valence-corrected chi connectivity index (χ1v) is 5.83. The van der Waals surface area contributed by atoms with Crippen molar-refractivity contribution in [1.29, 1.82) is 0 Å². The molecule has 0 bridgehead atoms. The third-order valence-electron chi connectivity index (χ3n) is 3.18. The van der Waals surface area contributed by atoms with Gasteiger partial charge in [-0.25, -0.2) is 4.98 Å². The van der Waals surface area contributed by atoms with Crippen LogP contribution in [0.2, 0.25) is 0 Å². The van der Waals surface area contributed by atoms with Crippen molar-refractivity contribution in [2.24, 2.45) is 7.05 Å². The molecule has 0 saturated carbocycles. The lowest BCUT2D eigenvalue weighted by atomic mass is 10.2. The fourth-order valence-corrected chi connectivity index (χ4v) is 2.26. The second-order valence-corrected chi connectivity index (χ2v) is 4.28. The molecule has 5 heteroatoms. The van der Waals surface area contributed by atoms with Crippen molar-refractivity contribution in [2.45, 2.75) is 0 Å². The fraction of sp³-hybridized carbons (Fsp3) is 0.0714. The molecule has 0 fully saturated rings. The summed E-state index contributed by atoms with van der Waals surface area (Å²) in [6.45, 7) is 0. The number of nitro groups is 1. The maximum absolute atomic E-state index is 11.1. The minimum atomic E-state index is -0.403. The van der Waals surface area contributed by atoms with E-state index in [1.165, 1.54) is 6.07 Å². The number of fused-ring (bicyclic) bond motifs is 1. The second kappa shape index (κ2) is 4.20. The lowest BCUT2D eigenvalue weighted by Crippen LogP contribution is -1.98. The topological polar surface area (TPSA) is 61.0 Å². The zero-order valence-electron chi connectivity index (χ0n) is 10.3. The first-order chi connectivity index (χ1) is 9.18. The molecule has 3 aromatic rings. The Hall–Kier alpha value is -2.69. The average molecular weight is 253 g/mol. The highest BCUT2D eigenvalue weighted by Crippen LogP contribution is 2.31. The standard InChI is InChI=1S/C14H11N3O2/c1-16-11-6-3-2-5-10(11)9-13(16)14-12(17(18)19)7-4-8-15-14/h2-9H,1H3. The summed E-state index contributed by atoms with van der Waals surface area (Å²) in [7, 11) is 1.88. The van der Waals surface area contributed by atoms with E-state index in [0.717, 1.165) is 16.6 Å². The molecule has 0 aliphatic carbocycles.